The molecular weight excluding hydrogens is 358 g/mol. The van der Waals surface area contributed by atoms with Gasteiger partial charge in [-0.15, -0.1) is 0 Å². The second kappa shape index (κ2) is 7.64. The lowest BCUT2D eigenvalue weighted by Crippen LogP contribution is -2.22. The summed E-state index contributed by atoms with van der Waals surface area (Å²) >= 11 is 0. The topological polar surface area (TPSA) is 101 Å². The number of nitrogens with zero attached hydrogens (tertiary/aromatic N) is 1. The van der Waals surface area contributed by atoms with Crippen molar-refractivity contribution in [3.05, 3.63) is 70.1 Å². The third-order valence-corrected chi connectivity index (χ3v) is 4.26. The van der Waals surface area contributed by atoms with Crippen molar-refractivity contribution < 1.29 is 14.3 Å². The second-order valence-electron chi connectivity index (χ2n) is 7.40. The number of ether oxygens (including phenoxy) is 1. The highest BCUT2D eigenvalue weighted by Gasteiger charge is 2.17. The minimum atomic E-state index is -0.786. The number of hydrogen-bond acceptors (Lipinski definition) is 5. The van der Waals surface area contributed by atoms with E-state index in [9.17, 15) is 14.4 Å². The number of anilines is 1. The van der Waals surface area contributed by atoms with Crippen molar-refractivity contribution in [2.45, 2.75) is 26.2 Å². The molecule has 0 spiro atoms. The third kappa shape index (κ3) is 4.25. The van der Waals surface area contributed by atoms with Gasteiger partial charge in [-0.25, -0.2) is 9.89 Å². The molecule has 2 aromatic carbocycles. The zero-order chi connectivity index (χ0) is 20.3. The van der Waals surface area contributed by atoms with Crippen molar-refractivity contribution in [3.8, 4) is 0 Å². The van der Waals surface area contributed by atoms with Crippen LogP contribution in [0.4, 0.5) is 5.69 Å². The van der Waals surface area contributed by atoms with Crippen molar-refractivity contribution in [1.82, 2.24) is 10.2 Å². The maximum Gasteiger partial charge on any atom is 0.359 e. The molecule has 0 bridgehead atoms. The van der Waals surface area contributed by atoms with E-state index in [-0.39, 0.29) is 11.1 Å². The van der Waals surface area contributed by atoms with Gasteiger partial charge in [-0.3, -0.25) is 9.59 Å². The number of fused-ring (bicyclic) bond motifs is 1. The Bertz CT molecular complexity index is 1080. The molecule has 1 heterocycles. The Morgan fingerprint density at radius 2 is 1.68 bits per heavy atom. The van der Waals surface area contributed by atoms with Crippen LogP contribution in [0.15, 0.2) is 53.3 Å². The highest BCUT2D eigenvalue weighted by atomic mass is 16.5. The molecule has 0 unspecified atom stereocenters. The van der Waals surface area contributed by atoms with E-state index >= 15 is 0 Å². The van der Waals surface area contributed by atoms with Gasteiger partial charge in [0.15, 0.2) is 12.3 Å². The van der Waals surface area contributed by atoms with Crippen molar-refractivity contribution in [3.63, 3.8) is 0 Å². The van der Waals surface area contributed by atoms with Gasteiger partial charge in [0.2, 0.25) is 0 Å². The monoisotopic (exact) mass is 379 g/mol. The zero-order valence-corrected chi connectivity index (χ0v) is 15.9. The molecule has 1 aromatic heterocycles. The summed E-state index contributed by atoms with van der Waals surface area (Å²) in [6.45, 7) is 5.85. The molecule has 0 aliphatic heterocycles. The molecule has 144 valence electrons. The summed E-state index contributed by atoms with van der Waals surface area (Å²) in [6, 6.07) is 14.1. The van der Waals surface area contributed by atoms with Gasteiger partial charge in [0.1, 0.15) is 0 Å². The number of benzene rings is 2. The molecule has 0 saturated carbocycles. The van der Waals surface area contributed by atoms with Crippen LogP contribution >= 0.6 is 0 Å². The van der Waals surface area contributed by atoms with Crippen molar-refractivity contribution in [2.75, 3.05) is 11.9 Å². The molecule has 2 N–H and O–H groups in total. The summed E-state index contributed by atoms with van der Waals surface area (Å²) in [5.74, 6) is -1.25. The minimum Gasteiger partial charge on any atom is -0.451 e. The molecule has 0 aliphatic carbocycles. The largest absolute Gasteiger partial charge is 0.451 e. The quantitative estimate of drug-likeness (QED) is 0.679. The molecule has 0 aliphatic rings. The van der Waals surface area contributed by atoms with Crippen LogP contribution in [0.5, 0.6) is 0 Å². The van der Waals surface area contributed by atoms with Gasteiger partial charge in [0.05, 0.1) is 5.39 Å². The van der Waals surface area contributed by atoms with Crippen LogP contribution in [0, 0.1) is 0 Å². The average molecular weight is 379 g/mol. The Morgan fingerprint density at radius 3 is 2.32 bits per heavy atom. The van der Waals surface area contributed by atoms with E-state index < -0.39 is 24.0 Å². The van der Waals surface area contributed by atoms with Gasteiger partial charge in [-0.2, -0.15) is 5.10 Å². The minimum absolute atomic E-state index is 0.0184. The highest BCUT2D eigenvalue weighted by Crippen LogP contribution is 2.23. The first-order valence-electron chi connectivity index (χ1n) is 8.80. The van der Waals surface area contributed by atoms with Gasteiger partial charge >= 0.3 is 5.97 Å². The Hall–Kier alpha value is -3.48. The summed E-state index contributed by atoms with van der Waals surface area (Å²) < 4.78 is 5.05. The summed E-state index contributed by atoms with van der Waals surface area (Å²) in [5.41, 5.74) is 1.33. The molecule has 7 nitrogen and oxygen atoms in total. The van der Waals surface area contributed by atoms with E-state index in [1.807, 2.05) is 12.1 Å². The lowest BCUT2D eigenvalue weighted by atomic mass is 9.87. The molecule has 0 radical (unpaired) electrons. The van der Waals surface area contributed by atoms with E-state index in [2.05, 4.69) is 36.3 Å². The maximum absolute atomic E-state index is 12.3. The molecule has 3 aromatic rings. The molecule has 0 atom stereocenters. The lowest BCUT2D eigenvalue weighted by molar-refractivity contribution is -0.119. The standard InChI is InChI=1S/C21H21N3O4/c1-21(2,3)13-8-10-14(11-9-13)22-17(25)12-28-20(27)18-15-6-4-5-7-16(15)19(26)24-23-18/h4-11H,12H2,1-3H3,(H,22,25)(H,24,26). The van der Waals surface area contributed by atoms with Crippen LogP contribution in [0.3, 0.4) is 0 Å². The highest BCUT2D eigenvalue weighted by molar-refractivity contribution is 6.03. The SMILES string of the molecule is CC(C)(C)c1ccc(NC(=O)COC(=O)c2n[nH]c(=O)c3ccccc23)cc1. The van der Waals surface area contributed by atoms with Gasteiger partial charge in [0.25, 0.3) is 11.5 Å². The van der Waals surface area contributed by atoms with Crippen molar-refractivity contribution >= 4 is 28.3 Å². The first kappa shape index (κ1) is 19.3. The van der Waals surface area contributed by atoms with Crippen LogP contribution in [-0.2, 0) is 14.9 Å². The molecular formula is C21H21N3O4. The molecule has 0 fully saturated rings. The van der Waals surface area contributed by atoms with Crippen LogP contribution in [0.25, 0.3) is 10.8 Å². The zero-order valence-electron chi connectivity index (χ0n) is 15.9. The fourth-order valence-corrected chi connectivity index (χ4v) is 2.72. The van der Waals surface area contributed by atoms with Crippen LogP contribution in [-0.4, -0.2) is 28.7 Å². The van der Waals surface area contributed by atoms with Crippen molar-refractivity contribution in [1.29, 1.82) is 0 Å². The van der Waals surface area contributed by atoms with Gasteiger partial charge in [-0.1, -0.05) is 51.1 Å². The molecule has 28 heavy (non-hydrogen) atoms. The predicted molar refractivity (Wildman–Crippen MR) is 106 cm³/mol. The molecule has 3 rings (SSSR count). The van der Waals surface area contributed by atoms with E-state index in [0.717, 1.165) is 5.56 Å². The Morgan fingerprint density at radius 1 is 1.04 bits per heavy atom. The molecule has 0 saturated heterocycles. The average Bonchev–Trinajstić information content (AvgIpc) is 2.66. The first-order chi connectivity index (χ1) is 13.3. The lowest BCUT2D eigenvalue weighted by Gasteiger charge is -2.19. The number of hydrogen-bond donors (Lipinski definition) is 2. The van der Waals surface area contributed by atoms with Gasteiger partial charge in [-0.05, 0) is 29.2 Å². The van der Waals surface area contributed by atoms with Crippen LogP contribution in [0.2, 0.25) is 0 Å². The number of H-pyrrole nitrogens is 1. The molecule has 1 amide bonds. The van der Waals surface area contributed by atoms with E-state index in [4.69, 9.17) is 4.74 Å². The number of aromatic nitrogens is 2. The van der Waals surface area contributed by atoms with E-state index in [1.165, 1.54) is 0 Å². The maximum atomic E-state index is 12.3. The van der Waals surface area contributed by atoms with Gasteiger partial charge in [0, 0.05) is 11.1 Å². The molecule has 7 heteroatoms. The van der Waals surface area contributed by atoms with Crippen LogP contribution in [0.1, 0.15) is 36.8 Å². The number of aromatic amines is 1. The normalized spacial score (nSPS) is 11.2. The smallest absolute Gasteiger partial charge is 0.359 e. The number of esters is 1. The fraction of sp³-hybridized carbons (Fsp3) is 0.238. The fourth-order valence-electron chi connectivity index (χ4n) is 2.72. The summed E-state index contributed by atoms with van der Waals surface area (Å²) in [7, 11) is 0. The number of carbonyl (C=O) groups excluding carboxylic acids is 2. The number of rotatable bonds is 4. The second-order valence-corrected chi connectivity index (χ2v) is 7.40. The third-order valence-electron chi connectivity index (χ3n) is 4.26. The number of nitrogens with one attached hydrogen (secondary N) is 2. The van der Waals surface area contributed by atoms with Crippen LogP contribution < -0.4 is 10.9 Å². The Labute approximate surface area is 161 Å². The van der Waals surface area contributed by atoms with Gasteiger partial charge < -0.3 is 10.1 Å². The van der Waals surface area contributed by atoms with Crippen molar-refractivity contribution in [2.24, 2.45) is 0 Å². The first-order valence-corrected chi connectivity index (χ1v) is 8.80. The summed E-state index contributed by atoms with van der Waals surface area (Å²) in [4.78, 5) is 36.2. The number of carbonyl (C=O) groups is 2. The Kier molecular flexibility index (Phi) is 5.26. The van der Waals surface area contributed by atoms with E-state index in [0.29, 0.717) is 16.5 Å². The van der Waals surface area contributed by atoms with E-state index in [1.54, 1.807) is 36.4 Å². The summed E-state index contributed by atoms with van der Waals surface area (Å²) in [5, 5.41) is 9.39. The Balaban J connectivity index is 1.64. The number of amides is 1. The predicted octanol–water partition coefficient (Wildman–Crippen LogP) is 3.02. The summed E-state index contributed by atoms with van der Waals surface area (Å²) in [6.07, 6.45) is 0.